The molecule has 1 saturated heterocycles. The van der Waals surface area contributed by atoms with Crippen LogP contribution in [-0.4, -0.2) is 38.3 Å². The lowest BCUT2D eigenvalue weighted by Gasteiger charge is -2.41. The molecule has 2 amide bonds. The van der Waals surface area contributed by atoms with E-state index < -0.39 is 6.29 Å². The molecule has 8 nitrogen and oxygen atoms in total. The fourth-order valence-electron chi connectivity index (χ4n) is 5.19. The number of hydrogen-bond acceptors (Lipinski definition) is 7. The van der Waals surface area contributed by atoms with Gasteiger partial charge in [-0.1, -0.05) is 67.2 Å². The number of amides is 2. The molecule has 6 rings (SSSR count). The first-order chi connectivity index (χ1) is 19.4. The van der Waals surface area contributed by atoms with Gasteiger partial charge in [-0.05, 0) is 35.4 Å². The highest BCUT2D eigenvalue weighted by Crippen LogP contribution is 2.43. The van der Waals surface area contributed by atoms with E-state index in [2.05, 4.69) is 11.9 Å². The lowest BCUT2D eigenvalue weighted by Crippen LogP contribution is -2.38. The Bertz CT molecular complexity index is 1520. The second-order valence-corrected chi connectivity index (χ2v) is 11.0. The predicted octanol–water partition coefficient (Wildman–Crippen LogP) is 5.30. The zero-order valence-corrected chi connectivity index (χ0v) is 23.0. The summed E-state index contributed by atoms with van der Waals surface area (Å²) in [7, 11) is 1.96. The number of carbonyl (C=O) groups is 2. The van der Waals surface area contributed by atoms with Crippen LogP contribution in [0.5, 0.6) is 0 Å². The fraction of sp³-hybridized carbons (Fsp3) is 0.258. The second-order valence-electron chi connectivity index (χ2n) is 10.0. The van der Waals surface area contributed by atoms with Crippen molar-refractivity contribution in [1.82, 2.24) is 9.55 Å². The maximum atomic E-state index is 13.1. The number of imidazole rings is 1. The van der Waals surface area contributed by atoms with E-state index in [1.165, 1.54) is 4.90 Å². The van der Waals surface area contributed by atoms with Gasteiger partial charge in [-0.25, -0.2) is 9.88 Å². The topological polar surface area (TPSA) is 93.9 Å². The Labute approximate surface area is 236 Å². The van der Waals surface area contributed by atoms with Gasteiger partial charge in [-0.2, -0.15) is 0 Å². The Morgan fingerprint density at radius 1 is 0.925 bits per heavy atom. The molecule has 4 unspecified atom stereocenters. The average Bonchev–Trinajstić information content (AvgIpc) is 3.51. The zero-order valence-electron chi connectivity index (χ0n) is 22.1. The van der Waals surface area contributed by atoms with E-state index in [0.717, 1.165) is 16.3 Å². The second kappa shape index (κ2) is 11.0. The van der Waals surface area contributed by atoms with Crippen LogP contribution in [0.2, 0.25) is 0 Å². The molecule has 2 aliphatic heterocycles. The molecule has 0 bridgehead atoms. The lowest BCUT2D eigenvalue weighted by atomic mass is 9.91. The summed E-state index contributed by atoms with van der Waals surface area (Å²) in [6.07, 6.45) is 2.51. The minimum absolute atomic E-state index is 0.0171. The molecular formula is C31H29N3O5S. The van der Waals surface area contributed by atoms with Gasteiger partial charge in [0.25, 0.3) is 11.8 Å². The Balaban J connectivity index is 1.30. The predicted molar refractivity (Wildman–Crippen MR) is 151 cm³/mol. The molecule has 3 heterocycles. The van der Waals surface area contributed by atoms with Crippen molar-refractivity contribution in [2.24, 2.45) is 13.0 Å². The summed E-state index contributed by atoms with van der Waals surface area (Å²) in [5.74, 6) is -0.00985. The first-order valence-electron chi connectivity index (χ1n) is 13.1. The van der Waals surface area contributed by atoms with Crippen LogP contribution in [0, 0.1) is 5.92 Å². The van der Waals surface area contributed by atoms with E-state index in [1.54, 1.807) is 54.4 Å². The number of anilines is 1. The number of aryl methyl sites for hydroxylation is 1. The third-order valence-corrected chi connectivity index (χ3v) is 8.62. The summed E-state index contributed by atoms with van der Waals surface area (Å²) in [6, 6.07) is 21.8. The maximum Gasteiger partial charge on any atom is 0.266 e. The number of thioether (sulfide) groups is 1. The Morgan fingerprint density at radius 3 is 2.30 bits per heavy atom. The molecule has 0 spiro atoms. The number of hydrogen-bond donors (Lipinski definition) is 1. The first kappa shape index (κ1) is 26.5. The first-order valence-corrected chi connectivity index (χ1v) is 14.1. The summed E-state index contributed by atoms with van der Waals surface area (Å²) in [4.78, 5) is 31.9. The number of aromatic nitrogens is 2. The average molecular weight is 556 g/mol. The van der Waals surface area contributed by atoms with Crippen molar-refractivity contribution in [1.29, 1.82) is 0 Å². The quantitative estimate of drug-likeness (QED) is 0.244. The smallest absolute Gasteiger partial charge is 0.266 e. The highest BCUT2D eigenvalue weighted by atomic mass is 32.2. The number of aliphatic hydroxyl groups excluding tert-OH is 1. The summed E-state index contributed by atoms with van der Waals surface area (Å²) < 4.78 is 15.1. The number of fused-ring (bicyclic) bond motifs is 1. The van der Waals surface area contributed by atoms with Crippen LogP contribution in [0.25, 0.3) is 0 Å². The van der Waals surface area contributed by atoms with Crippen LogP contribution in [-0.2, 0) is 23.1 Å². The number of aliphatic hydroxyl groups is 1. The number of ether oxygens (including phenoxy) is 2. The van der Waals surface area contributed by atoms with Gasteiger partial charge in [0.1, 0.15) is 0 Å². The SMILES string of the molecule is CC1C(CSc2nccn2C)OC(c2cccc(N3C(=O)c4ccccc4C3=O)c2)OC1c1ccc(CO)cc1. The largest absolute Gasteiger partial charge is 0.392 e. The molecule has 3 aromatic carbocycles. The van der Waals surface area contributed by atoms with E-state index in [9.17, 15) is 14.7 Å². The molecule has 0 radical (unpaired) electrons. The molecule has 1 aromatic heterocycles. The number of nitrogens with zero attached hydrogens (tertiary/aromatic N) is 3. The zero-order chi connectivity index (χ0) is 27.8. The van der Waals surface area contributed by atoms with Gasteiger partial charge in [-0.15, -0.1) is 0 Å². The third kappa shape index (κ3) is 4.86. The molecule has 1 N–H and O–H groups in total. The van der Waals surface area contributed by atoms with Crippen molar-refractivity contribution in [3.63, 3.8) is 0 Å². The van der Waals surface area contributed by atoms with Crippen LogP contribution in [0.1, 0.15) is 56.7 Å². The highest BCUT2D eigenvalue weighted by molar-refractivity contribution is 7.99. The van der Waals surface area contributed by atoms with E-state index in [4.69, 9.17) is 9.47 Å². The van der Waals surface area contributed by atoms with Gasteiger partial charge in [0.15, 0.2) is 11.4 Å². The normalized spacial score (nSPS) is 22.5. The number of rotatable bonds is 7. The molecule has 4 atom stereocenters. The minimum atomic E-state index is -0.721. The van der Waals surface area contributed by atoms with Gasteiger partial charge in [0.05, 0.1) is 35.6 Å². The van der Waals surface area contributed by atoms with E-state index in [1.807, 2.05) is 54.2 Å². The van der Waals surface area contributed by atoms with Crippen molar-refractivity contribution >= 4 is 29.3 Å². The van der Waals surface area contributed by atoms with E-state index in [-0.39, 0.29) is 36.5 Å². The standard InChI is InChI=1S/C31H29N3O5S/c1-19-26(18-40-31-32-14-15-33(31)2)38-30(39-27(19)21-12-10-20(17-35)11-13-21)22-6-5-7-23(16-22)34-28(36)24-8-3-4-9-25(24)29(34)37/h3-16,19,26-27,30,35H,17-18H2,1-2H3. The van der Waals surface area contributed by atoms with Gasteiger partial charge in [0, 0.05) is 36.7 Å². The van der Waals surface area contributed by atoms with Crippen LogP contribution in [0.3, 0.4) is 0 Å². The molecule has 0 aliphatic carbocycles. The van der Waals surface area contributed by atoms with Crippen LogP contribution >= 0.6 is 11.8 Å². The number of imide groups is 1. The van der Waals surface area contributed by atoms with Gasteiger partial charge < -0.3 is 19.1 Å². The number of benzene rings is 3. The molecule has 2 aliphatic rings. The summed E-state index contributed by atoms with van der Waals surface area (Å²) in [6.45, 7) is 2.08. The van der Waals surface area contributed by atoms with E-state index >= 15 is 0 Å². The fourth-order valence-corrected chi connectivity index (χ4v) is 6.29. The Morgan fingerprint density at radius 2 is 1.65 bits per heavy atom. The van der Waals surface area contributed by atoms with Crippen molar-refractivity contribution in [2.45, 2.75) is 37.2 Å². The lowest BCUT2D eigenvalue weighted by molar-refractivity contribution is -0.268. The van der Waals surface area contributed by atoms with Gasteiger partial charge >= 0.3 is 0 Å². The van der Waals surface area contributed by atoms with Crippen LogP contribution in [0.4, 0.5) is 5.69 Å². The van der Waals surface area contributed by atoms with Gasteiger partial charge in [-0.3, -0.25) is 9.59 Å². The maximum absolute atomic E-state index is 13.1. The van der Waals surface area contributed by atoms with Crippen LogP contribution in [0.15, 0.2) is 90.3 Å². The van der Waals surface area contributed by atoms with Gasteiger partial charge in [0.2, 0.25) is 0 Å². The van der Waals surface area contributed by atoms with E-state index in [0.29, 0.717) is 28.1 Å². The van der Waals surface area contributed by atoms with Crippen molar-refractivity contribution in [3.05, 3.63) is 113 Å². The monoisotopic (exact) mass is 555 g/mol. The van der Waals surface area contributed by atoms with Crippen LogP contribution < -0.4 is 4.90 Å². The Hall–Kier alpha value is -3.76. The molecule has 4 aromatic rings. The highest BCUT2D eigenvalue weighted by Gasteiger charge is 2.40. The van der Waals surface area contributed by atoms with Crippen molar-refractivity contribution in [3.8, 4) is 0 Å². The minimum Gasteiger partial charge on any atom is -0.392 e. The van der Waals surface area contributed by atoms with Crippen molar-refractivity contribution in [2.75, 3.05) is 10.7 Å². The molecule has 1 fully saturated rings. The summed E-state index contributed by atoms with van der Waals surface area (Å²) >= 11 is 1.62. The number of carbonyl (C=O) groups excluding carboxylic acids is 2. The molecule has 40 heavy (non-hydrogen) atoms. The molecule has 204 valence electrons. The third-order valence-electron chi connectivity index (χ3n) is 7.47. The molecule has 9 heteroatoms. The van der Waals surface area contributed by atoms with Crippen molar-refractivity contribution < 1.29 is 24.2 Å². The molecular weight excluding hydrogens is 526 g/mol. The molecule has 0 saturated carbocycles. The summed E-state index contributed by atoms with van der Waals surface area (Å²) in [5, 5.41) is 10.4. The Kier molecular flexibility index (Phi) is 7.29. The summed E-state index contributed by atoms with van der Waals surface area (Å²) in [5.41, 5.74) is 3.79.